The highest BCUT2D eigenvalue weighted by molar-refractivity contribution is 7.78. The Kier molecular flexibility index (Phi) is 3.33. The van der Waals surface area contributed by atoms with Crippen molar-refractivity contribution in [3.8, 4) is 0 Å². The molecular weight excluding hydrogens is 142 g/mol. The number of hydrogen-bond acceptors (Lipinski definition) is 2. The van der Waals surface area contributed by atoms with Crippen LogP contribution in [-0.4, -0.2) is 6.54 Å². The molecule has 0 aliphatic rings. The van der Waals surface area contributed by atoms with E-state index in [2.05, 4.69) is 29.7 Å². The van der Waals surface area contributed by atoms with Crippen LogP contribution in [0.2, 0.25) is 0 Å². The molecule has 54 valence electrons. The van der Waals surface area contributed by atoms with E-state index in [-0.39, 0.29) is 0 Å². The summed E-state index contributed by atoms with van der Waals surface area (Å²) in [6.45, 7) is 0.924. The van der Waals surface area contributed by atoms with Gasteiger partial charge in [-0.05, 0) is 12.0 Å². The van der Waals surface area contributed by atoms with Crippen LogP contribution in [0.4, 0.5) is 0 Å². The van der Waals surface area contributed by atoms with Crippen molar-refractivity contribution in [3.05, 3.63) is 35.9 Å². The van der Waals surface area contributed by atoms with Gasteiger partial charge in [0.2, 0.25) is 0 Å². The van der Waals surface area contributed by atoms with Crippen LogP contribution in [0.5, 0.6) is 0 Å². The minimum absolute atomic E-state index is 0.924. The van der Waals surface area contributed by atoms with Gasteiger partial charge < -0.3 is 0 Å². The monoisotopic (exact) mass is 153 g/mol. The lowest BCUT2D eigenvalue weighted by molar-refractivity contribution is 0.914. The molecular formula is C8H11NS. The third-order valence-electron chi connectivity index (χ3n) is 1.37. The lowest BCUT2D eigenvalue weighted by Crippen LogP contribution is -2.03. The molecule has 0 aromatic heterocycles. The van der Waals surface area contributed by atoms with Crippen molar-refractivity contribution < 1.29 is 0 Å². The SMILES string of the molecule is SNCCc1ccccc1. The zero-order valence-corrected chi connectivity index (χ0v) is 6.64. The molecule has 1 aromatic carbocycles. The van der Waals surface area contributed by atoms with Gasteiger partial charge in [-0.2, -0.15) is 0 Å². The van der Waals surface area contributed by atoms with Crippen molar-refractivity contribution >= 4 is 12.8 Å². The molecule has 0 spiro atoms. The highest BCUT2D eigenvalue weighted by Crippen LogP contribution is 1.97. The van der Waals surface area contributed by atoms with E-state index in [4.69, 9.17) is 0 Å². The van der Waals surface area contributed by atoms with E-state index in [1.807, 2.05) is 18.2 Å². The van der Waals surface area contributed by atoms with Crippen molar-refractivity contribution in [3.63, 3.8) is 0 Å². The minimum atomic E-state index is 0.924. The Balaban J connectivity index is 2.43. The first-order chi connectivity index (χ1) is 4.93. The van der Waals surface area contributed by atoms with Gasteiger partial charge in [-0.1, -0.05) is 43.1 Å². The zero-order valence-electron chi connectivity index (χ0n) is 5.75. The topological polar surface area (TPSA) is 12.0 Å². The molecule has 0 bridgehead atoms. The first-order valence-corrected chi connectivity index (χ1v) is 3.79. The molecule has 1 nitrogen and oxygen atoms in total. The summed E-state index contributed by atoms with van der Waals surface area (Å²) in [7, 11) is 0. The van der Waals surface area contributed by atoms with Gasteiger partial charge in [0.25, 0.3) is 0 Å². The van der Waals surface area contributed by atoms with Crippen LogP contribution >= 0.6 is 12.8 Å². The van der Waals surface area contributed by atoms with Crippen LogP contribution < -0.4 is 4.72 Å². The summed E-state index contributed by atoms with van der Waals surface area (Å²) in [4.78, 5) is 0. The van der Waals surface area contributed by atoms with Crippen molar-refractivity contribution in [2.75, 3.05) is 6.54 Å². The second-order valence-corrected chi connectivity index (χ2v) is 2.46. The van der Waals surface area contributed by atoms with E-state index in [9.17, 15) is 0 Å². The van der Waals surface area contributed by atoms with Gasteiger partial charge >= 0.3 is 0 Å². The van der Waals surface area contributed by atoms with Gasteiger partial charge in [-0.15, -0.1) is 0 Å². The molecule has 1 rings (SSSR count). The third-order valence-corrected chi connectivity index (χ3v) is 1.59. The van der Waals surface area contributed by atoms with E-state index in [1.54, 1.807) is 0 Å². The van der Waals surface area contributed by atoms with E-state index >= 15 is 0 Å². The lowest BCUT2D eigenvalue weighted by Gasteiger charge is -1.97. The maximum atomic E-state index is 3.90. The van der Waals surface area contributed by atoms with Crippen molar-refractivity contribution in [2.24, 2.45) is 0 Å². The van der Waals surface area contributed by atoms with Crippen molar-refractivity contribution in [1.29, 1.82) is 0 Å². The molecule has 0 heterocycles. The van der Waals surface area contributed by atoms with E-state index < -0.39 is 0 Å². The molecule has 0 unspecified atom stereocenters. The number of nitrogens with one attached hydrogen (secondary N) is 1. The average molecular weight is 153 g/mol. The van der Waals surface area contributed by atoms with Gasteiger partial charge in [-0.3, -0.25) is 4.72 Å². The fourth-order valence-corrected chi connectivity index (χ4v) is 0.957. The summed E-state index contributed by atoms with van der Waals surface area (Å²) in [6.07, 6.45) is 1.05. The molecule has 1 N–H and O–H groups in total. The summed E-state index contributed by atoms with van der Waals surface area (Å²) >= 11 is 3.90. The number of thiol groups is 1. The fourth-order valence-electron chi connectivity index (χ4n) is 0.845. The van der Waals surface area contributed by atoms with Crippen LogP contribution in [-0.2, 0) is 6.42 Å². The smallest absolute Gasteiger partial charge is 0.00966 e. The van der Waals surface area contributed by atoms with E-state index in [1.165, 1.54) is 5.56 Å². The Morgan fingerprint density at radius 3 is 2.50 bits per heavy atom. The fraction of sp³-hybridized carbons (Fsp3) is 0.250. The largest absolute Gasteiger partial charge is 0.266 e. The second-order valence-electron chi connectivity index (χ2n) is 2.14. The van der Waals surface area contributed by atoms with Gasteiger partial charge in [-0.25, -0.2) is 0 Å². The Morgan fingerprint density at radius 1 is 1.20 bits per heavy atom. The maximum absolute atomic E-state index is 3.90. The maximum Gasteiger partial charge on any atom is 0.00966 e. The van der Waals surface area contributed by atoms with Crippen LogP contribution in [0.15, 0.2) is 30.3 Å². The zero-order chi connectivity index (χ0) is 7.23. The standard InChI is InChI=1S/C8H11NS/c10-9-7-6-8-4-2-1-3-5-8/h1-5,9-10H,6-7H2. The van der Waals surface area contributed by atoms with E-state index in [0.29, 0.717) is 0 Å². The second kappa shape index (κ2) is 4.36. The Hall–Kier alpha value is -0.470. The van der Waals surface area contributed by atoms with E-state index in [0.717, 1.165) is 13.0 Å². The van der Waals surface area contributed by atoms with Crippen molar-refractivity contribution in [2.45, 2.75) is 6.42 Å². The predicted octanol–water partition coefficient (Wildman–Crippen LogP) is 1.66. The molecule has 0 aliphatic carbocycles. The third kappa shape index (κ3) is 2.42. The molecule has 0 radical (unpaired) electrons. The van der Waals surface area contributed by atoms with Crippen LogP contribution in [0.1, 0.15) is 5.56 Å². The number of benzene rings is 1. The van der Waals surface area contributed by atoms with Crippen molar-refractivity contribution in [1.82, 2.24) is 4.72 Å². The molecule has 0 aliphatic heterocycles. The predicted molar refractivity (Wildman–Crippen MR) is 47.1 cm³/mol. The molecule has 0 saturated carbocycles. The first-order valence-electron chi connectivity index (χ1n) is 3.34. The summed E-state index contributed by atoms with van der Waals surface area (Å²) in [5, 5.41) is 0. The average Bonchev–Trinajstić information content (AvgIpc) is 2.03. The van der Waals surface area contributed by atoms with Gasteiger partial charge in [0, 0.05) is 6.54 Å². The Labute approximate surface area is 67.0 Å². The highest BCUT2D eigenvalue weighted by Gasteiger charge is 1.87. The molecule has 0 fully saturated rings. The Morgan fingerprint density at radius 2 is 1.90 bits per heavy atom. The highest BCUT2D eigenvalue weighted by atomic mass is 32.1. The van der Waals surface area contributed by atoms with Gasteiger partial charge in [0.15, 0.2) is 0 Å². The molecule has 1 aromatic rings. The first kappa shape index (κ1) is 7.63. The summed E-state index contributed by atoms with van der Waals surface area (Å²) in [5.41, 5.74) is 1.35. The summed E-state index contributed by atoms with van der Waals surface area (Å²) in [6, 6.07) is 10.4. The number of hydrogen-bond donors (Lipinski definition) is 2. The summed E-state index contributed by atoms with van der Waals surface area (Å²) in [5.74, 6) is 0. The number of rotatable bonds is 3. The van der Waals surface area contributed by atoms with Crippen LogP contribution in [0, 0.1) is 0 Å². The van der Waals surface area contributed by atoms with Gasteiger partial charge in [0.1, 0.15) is 0 Å². The lowest BCUT2D eigenvalue weighted by atomic mass is 10.2. The van der Waals surface area contributed by atoms with Gasteiger partial charge in [0.05, 0.1) is 0 Å². The molecule has 0 atom stereocenters. The molecule has 10 heavy (non-hydrogen) atoms. The normalized spacial score (nSPS) is 9.70. The molecule has 0 amide bonds. The quantitative estimate of drug-likeness (QED) is 0.629. The summed E-state index contributed by atoms with van der Waals surface area (Å²) < 4.78 is 2.81. The van der Waals surface area contributed by atoms with Crippen LogP contribution in [0.3, 0.4) is 0 Å². The Bertz CT molecular complexity index is 174. The minimum Gasteiger partial charge on any atom is -0.266 e. The van der Waals surface area contributed by atoms with Crippen LogP contribution in [0.25, 0.3) is 0 Å². The molecule has 0 saturated heterocycles. The molecule has 2 heteroatoms.